The number of hydrogen-bond acceptors (Lipinski definition) is 4. The molecule has 0 aromatic heterocycles. The highest BCUT2D eigenvalue weighted by Gasteiger charge is 2.41. The summed E-state index contributed by atoms with van der Waals surface area (Å²) in [4.78, 5) is 12.3. The Bertz CT molecular complexity index is 985. The first-order valence-electron chi connectivity index (χ1n) is 8.36. The van der Waals surface area contributed by atoms with Gasteiger partial charge in [0.2, 0.25) is 0 Å². The Hall–Kier alpha value is -3.27. The van der Waals surface area contributed by atoms with Gasteiger partial charge >= 0.3 is 0 Å². The van der Waals surface area contributed by atoms with Crippen molar-refractivity contribution >= 4 is 5.78 Å². The third-order valence-corrected chi connectivity index (χ3v) is 5.07. The number of phenols is 2. The van der Waals surface area contributed by atoms with Gasteiger partial charge in [-0.05, 0) is 31.5 Å². The Morgan fingerprint density at radius 3 is 1.92 bits per heavy atom. The third-order valence-electron chi connectivity index (χ3n) is 5.07. The summed E-state index contributed by atoms with van der Waals surface area (Å²) >= 11 is 0. The summed E-state index contributed by atoms with van der Waals surface area (Å²) in [5, 5.41) is 19.8. The van der Waals surface area contributed by atoms with Gasteiger partial charge in [0.15, 0.2) is 5.78 Å². The van der Waals surface area contributed by atoms with Crippen LogP contribution in [0.3, 0.4) is 0 Å². The smallest absolute Gasteiger partial charge is 0.160 e. The fourth-order valence-electron chi connectivity index (χ4n) is 3.80. The number of carbonyl (C=O) groups excluding carboxylic acids is 1. The lowest BCUT2D eigenvalue weighted by molar-refractivity contribution is 0.101. The van der Waals surface area contributed by atoms with Crippen LogP contribution in [0.5, 0.6) is 23.0 Å². The van der Waals surface area contributed by atoms with Gasteiger partial charge in [-0.1, -0.05) is 36.4 Å². The molecule has 26 heavy (non-hydrogen) atoms. The summed E-state index contributed by atoms with van der Waals surface area (Å²) in [6.07, 6.45) is 0. The highest BCUT2D eigenvalue weighted by molar-refractivity contribution is 5.96. The monoisotopic (exact) mass is 346 g/mol. The molecule has 0 radical (unpaired) electrons. The van der Waals surface area contributed by atoms with Crippen molar-refractivity contribution in [1.29, 1.82) is 0 Å². The molecule has 1 aliphatic rings. The second kappa shape index (κ2) is 5.63. The standard InChI is InChI=1S/C22H18O4/c1-13(23)16-5-3-4-6-17(16)22(2)18-9-7-14(24)11-20(18)26-21-12-15(25)8-10-19(21)22/h3-12,24-25H,1-2H3. The van der Waals surface area contributed by atoms with Crippen molar-refractivity contribution in [3.05, 3.63) is 82.9 Å². The van der Waals surface area contributed by atoms with Gasteiger partial charge in [0.25, 0.3) is 0 Å². The lowest BCUT2D eigenvalue weighted by Crippen LogP contribution is -2.31. The predicted octanol–water partition coefficient (Wildman–Crippen LogP) is 4.76. The minimum atomic E-state index is -0.674. The number of Topliss-reactive ketones (excluding diaryl/α,β-unsaturated/α-hetero) is 1. The topological polar surface area (TPSA) is 66.8 Å². The minimum Gasteiger partial charge on any atom is -0.508 e. The molecule has 2 N–H and O–H groups in total. The van der Waals surface area contributed by atoms with Crippen LogP contribution in [0.25, 0.3) is 0 Å². The molecule has 1 aliphatic heterocycles. The largest absolute Gasteiger partial charge is 0.508 e. The van der Waals surface area contributed by atoms with Crippen molar-refractivity contribution in [1.82, 2.24) is 0 Å². The molecule has 0 saturated heterocycles. The number of aromatic hydroxyl groups is 2. The van der Waals surface area contributed by atoms with Gasteiger partial charge < -0.3 is 14.9 Å². The van der Waals surface area contributed by atoms with Gasteiger partial charge in [0.05, 0.1) is 5.41 Å². The molecule has 4 nitrogen and oxygen atoms in total. The van der Waals surface area contributed by atoms with Crippen molar-refractivity contribution in [3.8, 4) is 23.0 Å². The Morgan fingerprint density at radius 1 is 0.846 bits per heavy atom. The zero-order chi connectivity index (χ0) is 18.5. The maximum atomic E-state index is 12.3. The van der Waals surface area contributed by atoms with Crippen molar-refractivity contribution in [3.63, 3.8) is 0 Å². The molecule has 4 rings (SSSR count). The van der Waals surface area contributed by atoms with Crippen LogP contribution in [0.1, 0.15) is 40.9 Å². The summed E-state index contributed by atoms with van der Waals surface area (Å²) in [5.74, 6) is 1.17. The van der Waals surface area contributed by atoms with E-state index in [2.05, 4.69) is 0 Å². The summed E-state index contributed by atoms with van der Waals surface area (Å²) < 4.78 is 5.95. The van der Waals surface area contributed by atoms with E-state index in [-0.39, 0.29) is 17.3 Å². The third kappa shape index (κ3) is 2.26. The van der Waals surface area contributed by atoms with Crippen LogP contribution in [0.15, 0.2) is 60.7 Å². The molecular formula is C22H18O4. The van der Waals surface area contributed by atoms with E-state index < -0.39 is 5.41 Å². The van der Waals surface area contributed by atoms with Crippen molar-refractivity contribution in [2.75, 3.05) is 0 Å². The first-order chi connectivity index (χ1) is 12.4. The summed E-state index contributed by atoms with van der Waals surface area (Å²) in [5.41, 5.74) is 2.51. The zero-order valence-corrected chi connectivity index (χ0v) is 14.5. The van der Waals surface area contributed by atoms with Crippen LogP contribution in [-0.4, -0.2) is 16.0 Å². The van der Waals surface area contributed by atoms with Crippen molar-refractivity contribution < 1.29 is 19.7 Å². The molecule has 0 amide bonds. The molecule has 0 unspecified atom stereocenters. The Balaban J connectivity index is 2.09. The quantitative estimate of drug-likeness (QED) is 0.657. The highest BCUT2D eigenvalue weighted by Crippen LogP contribution is 2.53. The Labute approximate surface area is 151 Å². The number of fused-ring (bicyclic) bond motifs is 2. The summed E-state index contributed by atoms with van der Waals surface area (Å²) in [6, 6.07) is 17.5. The number of ether oxygens (including phenoxy) is 1. The van der Waals surface area contributed by atoms with E-state index in [1.165, 1.54) is 0 Å². The van der Waals surface area contributed by atoms with Crippen LogP contribution in [0.4, 0.5) is 0 Å². The van der Waals surface area contributed by atoms with E-state index >= 15 is 0 Å². The summed E-state index contributed by atoms with van der Waals surface area (Å²) in [7, 11) is 0. The number of phenolic OH excluding ortho intramolecular Hbond substituents is 2. The van der Waals surface area contributed by atoms with Gasteiger partial charge in [-0.25, -0.2) is 0 Å². The first kappa shape index (κ1) is 16.2. The van der Waals surface area contributed by atoms with Crippen molar-refractivity contribution in [2.24, 2.45) is 0 Å². The number of benzene rings is 3. The van der Waals surface area contributed by atoms with Crippen molar-refractivity contribution in [2.45, 2.75) is 19.3 Å². The van der Waals surface area contributed by atoms with Gasteiger partial charge in [-0.15, -0.1) is 0 Å². The van der Waals surface area contributed by atoms with E-state index in [9.17, 15) is 15.0 Å². The Morgan fingerprint density at radius 2 is 1.38 bits per heavy atom. The second-order valence-corrected chi connectivity index (χ2v) is 6.69. The Kier molecular flexibility index (Phi) is 3.51. The summed E-state index contributed by atoms with van der Waals surface area (Å²) in [6.45, 7) is 3.58. The highest BCUT2D eigenvalue weighted by atomic mass is 16.5. The van der Waals surface area contributed by atoms with Crippen LogP contribution in [-0.2, 0) is 5.41 Å². The lowest BCUT2D eigenvalue weighted by Gasteiger charge is -2.39. The molecular weight excluding hydrogens is 328 g/mol. The first-order valence-corrected chi connectivity index (χ1v) is 8.36. The fraction of sp³-hybridized carbons (Fsp3) is 0.136. The number of hydrogen-bond donors (Lipinski definition) is 2. The van der Waals surface area contributed by atoms with E-state index in [1.807, 2.05) is 43.3 Å². The van der Waals surface area contributed by atoms with Gasteiger partial charge in [0, 0.05) is 28.8 Å². The molecule has 130 valence electrons. The van der Waals surface area contributed by atoms with Crippen LogP contribution in [0.2, 0.25) is 0 Å². The molecule has 0 spiro atoms. The minimum absolute atomic E-state index is 0.0195. The predicted molar refractivity (Wildman–Crippen MR) is 98.3 cm³/mol. The number of ketones is 1. The molecule has 1 heterocycles. The van der Waals surface area contributed by atoms with Crippen LogP contribution < -0.4 is 4.74 Å². The number of rotatable bonds is 2. The van der Waals surface area contributed by atoms with Gasteiger partial charge in [-0.3, -0.25) is 4.79 Å². The van der Waals surface area contributed by atoms with E-state index in [4.69, 9.17) is 4.74 Å². The maximum absolute atomic E-state index is 12.3. The molecule has 3 aromatic carbocycles. The average molecular weight is 346 g/mol. The van der Waals surface area contributed by atoms with E-state index in [1.54, 1.807) is 31.2 Å². The maximum Gasteiger partial charge on any atom is 0.160 e. The average Bonchev–Trinajstić information content (AvgIpc) is 2.61. The molecule has 4 heteroatoms. The molecule has 0 bridgehead atoms. The van der Waals surface area contributed by atoms with Crippen LogP contribution in [0, 0.1) is 0 Å². The van der Waals surface area contributed by atoms with E-state index in [0.717, 1.165) is 16.7 Å². The molecule has 0 atom stereocenters. The molecule has 0 fully saturated rings. The number of carbonyl (C=O) groups is 1. The van der Waals surface area contributed by atoms with Gasteiger partial charge in [0.1, 0.15) is 23.0 Å². The molecule has 0 aliphatic carbocycles. The van der Waals surface area contributed by atoms with Crippen LogP contribution >= 0.6 is 0 Å². The van der Waals surface area contributed by atoms with E-state index in [0.29, 0.717) is 17.1 Å². The van der Waals surface area contributed by atoms with Gasteiger partial charge in [-0.2, -0.15) is 0 Å². The normalized spacial score (nSPS) is 14.1. The fourth-order valence-corrected chi connectivity index (χ4v) is 3.80. The second-order valence-electron chi connectivity index (χ2n) is 6.69. The zero-order valence-electron chi connectivity index (χ0n) is 14.5. The molecule has 3 aromatic rings. The lowest BCUT2D eigenvalue weighted by atomic mass is 9.67. The SMILES string of the molecule is CC(=O)c1ccccc1C1(C)c2ccc(O)cc2Oc2cc(O)ccc21. The molecule has 0 saturated carbocycles.